The molecule has 70 valence electrons. The molecule has 0 bridgehead atoms. The van der Waals surface area contributed by atoms with Gasteiger partial charge in [-0.1, -0.05) is 11.8 Å². The Morgan fingerprint density at radius 2 is 1.92 bits per heavy atom. The molecule has 2 nitrogen and oxygen atoms in total. The summed E-state index contributed by atoms with van der Waals surface area (Å²) >= 11 is 1.80. The zero-order chi connectivity index (χ0) is 9.26. The van der Waals surface area contributed by atoms with Gasteiger partial charge in [0.05, 0.1) is 0 Å². The van der Waals surface area contributed by atoms with Crippen molar-refractivity contribution in [3.8, 4) is 0 Å². The van der Waals surface area contributed by atoms with Crippen LogP contribution in [0.5, 0.6) is 0 Å². The third-order valence-electron chi connectivity index (χ3n) is 2.11. The SMILES string of the molecule is Cc1cc(C)nc(SCC2CC2)n1. The molecule has 3 heteroatoms. The van der Waals surface area contributed by atoms with Gasteiger partial charge in [-0.15, -0.1) is 0 Å². The van der Waals surface area contributed by atoms with Gasteiger partial charge in [0.25, 0.3) is 0 Å². The first-order valence-corrected chi connectivity index (χ1v) is 5.67. The van der Waals surface area contributed by atoms with Crippen molar-refractivity contribution in [3.05, 3.63) is 17.5 Å². The van der Waals surface area contributed by atoms with Crippen LogP contribution in [0.2, 0.25) is 0 Å². The fourth-order valence-corrected chi connectivity index (χ4v) is 2.37. The van der Waals surface area contributed by atoms with Gasteiger partial charge >= 0.3 is 0 Å². The first-order valence-electron chi connectivity index (χ1n) is 4.69. The molecule has 1 aliphatic rings. The highest BCUT2D eigenvalue weighted by atomic mass is 32.2. The maximum atomic E-state index is 4.39. The van der Waals surface area contributed by atoms with E-state index in [9.17, 15) is 0 Å². The zero-order valence-electron chi connectivity index (χ0n) is 8.08. The van der Waals surface area contributed by atoms with E-state index in [1.807, 2.05) is 19.9 Å². The van der Waals surface area contributed by atoms with Crippen LogP contribution in [0.4, 0.5) is 0 Å². The normalized spacial score (nSPS) is 16.2. The fourth-order valence-electron chi connectivity index (χ4n) is 1.24. The minimum Gasteiger partial charge on any atom is -0.228 e. The molecule has 0 unspecified atom stereocenters. The monoisotopic (exact) mass is 194 g/mol. The maximum absolute atomic E-state index is 4.39. The summed E-state index contributed by atoms with van der Waals surface area (Å²) in [6.45, 7) is 4.05. The van der Waals surface area contributed by atoms with Crippen molar-refractivity contribution in [2.45, 2.75) is 31.8 Å². The molecule has 1 saturated carbocycles. The maximum Gasteiger partial charge on any atom is 0.187 e. The quantitative estimate of drug-likeness (QED) is 0.546. The summed E-state index contributed by atoms with van der Waals surface area (Å²) in [5.41, 5.74) is 2.15. The van der Waals surface area contributed by atoms with Gasteiger partial charge in [0, 0.05) is 17.1 Å². The number of aromatic nitrogens is 2. The third kappa shape index (κ3) is 2.69. The first-order chi connectivity index (χ1) is 6.24. The van der Waals surface area contributed by atoms with Crippen LogP contribution < -0.4 is 0 Å². The lowest BCUT2D eigenvalue weighted by atomic mass is 10.4. The van der Waals surface area contributed by atoms with Crippen molar-refractivity contribution >= 4 is 11.8 Å². The molecular weight excluding hydrogens is 180 g/mol. The average molecular weight is 194 g/mol. The topological polar surface area (TPSA) is 25.8 Å². The molecular formula is C10H14N2S. The Morgan fingerprint density at radius 1 is 1.31 bits per heavy atom. The minimum atomic E-state index is 0.939. The smallest absolute Gasteiger partial charge is 0.187 e. The van der Waals surface area contributed by atoms with Gasteiger partial charge < -0.3 is 0 Å². The van der Waals surface area contributed by atoms with Gasteiger partial charge in [-0.25, -0.2) is 9.97 Å². The van der Waals surface area contributed by atoms with Gasteiger partial charge in [-0.3, -0.25) is 0 Å². The molecule has 0 amide bonds. The van der Waals surface area contributed by atoms with Crippen LogP contribution in [0.1, 0.15) is 24.2 Å². The molecule has 13 heavy (non-hydrogen) atoms. The number of hydrogen-bond donors (Lipinski definition) is 0. The third-order valence-corrected chi connectivity index (χ3v) is 3.19. The molecule has 0 aliphatic heterocycles. The largest absolute Gasteiger partial charge is 0.228 e. The van der Waals surface area contributed by atoms with E-state index < -0.39 is 0 Å². The summed E-state index contributed by atoms with van der Waals surface area (Å²) in [4.78, 5) is 8.77. The van der Waals surface area contributed by atoms with Gasteiger partial charge in [0.2, 0.25) is 0 Å². The standard InChI is InChI=1S/C10H14N2S/c1-7-5-8(2)12-10(11-7)13-6-9-3-4-9/h5,9H,3-4,6H2,1-2H3. The summed E-state index contributed by atoms with van der Waals surface area (Å²) in [6, 6.07) is 2.02. The van der Waals surface area contributed by atoms with E-state index >= 15 is 0 Å². The van der Waals surface area contributed by atoms with E-state index in [2.05, 4.69) is 9.97 Å². The van der Waals surface area contributed by atoms with E-state index in [-0.39, 0.29) is 0 Å². The predicted molar refractivity (Wildman–Crippen MR) is 55.0 cm³/mol. The second-order valence-corrected chi connectivity index (χ2v) is 4.67. The summed E-state index contributed by atoms with van der Waals surface area (Å²) < 4.78 is 0. The Morgan fingerprint density at radius 3 is 2.46 bits per heavy atom. The summed E-state index contributed by atoms with van der Waals surface area (Å²) in [5.74, 6) is 2.14. The van der Waals surface area contributed by atoms with E-state index in [0.29, 0.717) is 0 Å². The van der Waals surface area contributed by atoms with Crippen LogP contribution in [0.25, 0.3) is 0 Å². The second kappa shape index (κ2) is 3.66. The van der Waals surface area contributed by atoms with Crippen LogP contribution in [0.15, 0.2) is 11.2 Å². The molecule has 0 spiro atoms. The molecule has 0 atom stereocenters. The lowest BCUT2D eigenvalue weighted by molar-refractivity contribution is 0.894. The van der Waals surface area contributed by atoms with Gasteiger partial charge in [0.15, 0.2) is 5.16 Å². The number of nitrogens with zero attached hydrogens (tertiary/aromatic N) is 2. The number of thioether (sulfide) groups is 1. The minimum absolute atomic E-state index is 0.939. The summed E-state index contributed by atoms with van der Waals surface area (Å²) in [7, 11) is 0. The van der Waals surface area contributed by atoms with Crippen molar-refractivity contribution in [3.63, 3.8) is 0 Å². The van der Waals surface area contributed by atoms with Crippen molar-refractivity contribution < 1.29 is 0 Å². The van der Waals surface area contributed by atoms with Crippen molar-refractivity contribution in [1.82, 2.24) is 9.97 Å². The molecule has 1 aromatic rings. The Bertz CT molecular complexity index is 288. The number of aryl methyl sites for hydroxylation is 2. The zero-order valence-corrected chi connectivity index (χ0v) is 8.90. The lowest BCUT2D eigenvalue weighted by Gasteiger charge is -2.01. The van der Waals surface area contributed by atoms with Crippen LogP contribution in [-0.2, 0) is 0 Å². The van der Waals surface area contributed by atoms with Crippen molar-refractivity contribution in [1.29, 1.82) is 0 Å². The molecule has 1 heterocycles. The van der Waals surface area contributed by atoms with Gasteiger partial charge in [-0.05, 0) is 38.7 Å². The highest BCUT2D eigenvalue weighted by molar-refractivity contribution is 7.99. The van der Waals surface area contributed by atoms with Crippen molar-refractivity contribution in [2.24, 2.45) is 5.92 Å². The predicted octanol–water partition coefficient (Wildman–Crippen LogP) is 2.60. The van der Waals surface area contributed by atoms with Crippen LogP contribution in [0.3, 0.4) is 0 Å². The Balaban J connectivity index is 2.01. The van der Waals surface area contributed by atoms with E-state index in [1.54, 1.807) is 11.8 Å². The van der Waals surface area contributed by atoms with E-state index in [1.165, 1.54) is 18.6 Å². The fraction of sp³-hybridized carbons (Fsp3) is 0.600. The summed E-state index contributed by atoms with van der Waals surface area (Å²) in [5, 5.41) is 0.949. The van der Waals surface area contributed by atoms with Crippen LogP contribution in [-0.4, -0.2) is 15.7 Å². The molecule has 0 radical (unpaired) electrons. The number of hydrogen-bond acceptors (Lipinski definition) is 3. The average Bonchev–Trinajstić information content (AvgIpc) is 2.81. The van der Waals surface area contributed by atoms with E-state index in [4.69, 9.17) is 0 Å². The number of rotatable bonds is 3. The highest BCUT2D eigenvalue weighted by Crippen LogP contribution is 2.34. The highest BCUT2D eigenvalue weighted by Gasteiger charge is 2.21. The van der Waals surface area contributed by atoms with Crippen LogP contribution >= 0.6 is 11.8 Å². The lowest BCUT2D eigenvalue weighted by Crippen LogP contribution is -1.93. The Kier molecular flexibility index (Phi) is 2.54. The second-order valence-electron chi connectivity index (χ2n) is 3.69. The van der Waals surface area contributed by atoms with E-state index in [0.717, 1.165) is 22.5 Å². The Labute approximate surface area is 83.2 Å². The summed E-state index contributed by atoms with van der Waals surface area (Å²) in [6.07, 6.45) is 2.80. The van der Waals surface area contributed by atoms with Gasteiger partial charge in [0.1, 0.15) is 0 Å². The van der Waals surface area contributed by atoms with Gasteiger partial charge in [-0.2, -0.15) is 0 Å². The molecule has 0 saturated heterocycles. The van der Waals surface area contributed by atoms with Crippen LogP contribution in [0, 0.1) is 19.8 Å². The Hall–Kier alpha value is -0.570. The van der Waals surface area contributed by atoms with Crippen molar-refractivity contribution in [2.75, 3.05) is 5.75 Å². The molecule has 0 aromatic carbocycles. The molecule has 1 aromatic heterocycles. The molecule has 1 fully saturated rings. The molecule has 0 N–H and O–H groups in total. The first kappa shape index (κ1) is 9.00. The molecule has 1 aliphatic carbocycles. The molecule has 2 rings (SSSR count).